The molecule has 128 valence electrons. The number of aromatic nitrogens is 2. The predicted octanol–water partition coefficient (Wildman–Crippen LogP) is 4.90. The Morgan fingerprint density at radius 3 is 2.77 bits per heavy atom. The molecule has 1 heterocycles. The summed E-state index contributed by atoms with van der Waals surface area (Å²) in [7, 11) is 0. The third kappa shape index (κ3) is 2.86. The Morgan fingerprint density at radius 1 is 1.04 bits per heavy atom. The average Bonchev–Trinajstić information content (AvgIpc) is 3.12. The maximum atomic E-state index is 11.0. The fraction of sp³-hybridized carbons (Fsp3) is 0.0909. The monoisotopic (exact) mass is 342 g/mol. The molecule has 4 aromatic rings. The topological polar surface area (TPSA) is 44.1 Å². The summed E-state index contributed by atoms with van der Waals surface area (Å²) in [6, 6.07) is 21.8. The van der Waals surface area contributed by atoms with Crippen LogP contribution < -0.4 is 4.74 Å². The molecule has 26 heavy (non-hydrogen) atoms. The predicted molar refractivity (Wildman–Crippen MR) is 103 cm³/mol. The Hall–Kier alpha value is -3.40. The van der Waals surface area contributed by atoms with Gasteiger partial charge in [-0.15, -0.1) is 0 Å². The summed E-state index contributed by atoms with van der Waals surface area (Å²) in [5, 5.41) is 0. The summed E-state index contributed by atoms with van der Waals surface area (Å²) in [6.07, 6.45) is 2.62. The van der Waals surface area contributed by atoms with Crippen LogP contribution in [0.5, 0.6) is 5.75 Å². The maximum Gasteiger partial charge on any atom is 0.150 e. The Kier molecular flexibility index (Phi) is 4.23. The number of aldehydes is 1. The van der Waals surface area contributed by atoms with Gasteiger partial charge in [-0.3, -0.25) is 9.36 Å². The highest BCUT2D eigenvalue weighted by atomic mass is 16.5. The molecule has 0 aliphatic heterocycles. The highest BCUT2D eigenvalue weighted by Crippen LogP contribution is 2.31. The molecule has 4 nitrogen and oxygen atoms in total. The van der Waals surface area contributed by atoms with Crippen molar-refractivity contribution in [3.05, 3.63) is 78.6 Å². The Balaban J connectivity index is 1.81. The van der Waals surface area contributed by atoms with E-state index >= 15 is 0 Å². The molecular weight excluding hydrogens is 324 g/mol. The standard InChI is InChI=1S/C22H18N2O2/c1-2-26-22-9-4-3-8-19(22)17-6-5-7-18(13-17)24-15-23-20-12-16(14-25)10-11-21(20)24/h3-15H,2H2,1H3. The van der Waals surface area contributed by atoms with E-state index in [2.05, 4.69) is 23.2 Å². The minimum absolute atomic E-state index is 0.627. The van der Waals surface area contributed by atoms with E-state index in [1.54, 1.807) is 12.4 Å². The molecule has 3 aromatic carbocycles. The second-order valence-corrected chi connectivity index (χ2v) is 5.96. The molecule has 4 rings (SSSR count). The van der Waals surface area contributed by atoms with Gasteiger partial charge >= 0.3 is 0 Å². The molecule has 0 saturated carbocycles. The van der Waals surface area contributed by atoms with E-state index in [-0.39, 0.29) is 0 Å². The number of para-hydroxylation sites is 1. The van der Waals surface area contributed by atoms with Crippen molar-refractivity contribution in [3.8, 4) is 22.6 Å². The molecular formula is C22H18N2O2. The number of benzene rings is 3. The second-order valence-electron chi connectivity index (χ2n) is 5.96. The van der Waals surface area contributed by atoms with Crippen molar-refractivity contribution < 1.29 is 9.53 Å². The third-order valence-electron chi connectivity index (χ3n) is 4.33. The minimum atomic E-state index is 0.627. The molecule has 0 unspecified atom stereocenters. The van der Waals surface area contributed by atoms with Gasteiger partial charge in [0.15, 0.2) is 0 Å². The van der Waals surface area contributed by atoms with Crippen molar-refractivity contribution in [2.24, 2.45) is 0 Å². The number of hydrogen-bond acceptors (Lipinski definition) is 3. The van der Waals surface area contributed by atoms with E-state index in [0.717, 1.165) is 39.9 Å². The summed E-state index contributed by atoms with van der Waals surface area (Å²) in [6.45, 7) is 2.61. The zero-order valence-corrected chi connectivity index (χ0v) is 14.4. The quantitative estimate of drug-likeness (QED) is 0.484. The van der Waals surface area contributed by atoms with Crippen LogP contribution in [0.15, 0.2) is 73.1 Å². The molecule has 0 N–H and O–H groups in total. The van der Waals surface area contributed by atoms with E-state index in [1.165, 1.54) is 0 Å². The summed E-state index contributed by atoms with van der Waals surface area (Å²) >= 11 is 0. The van der Waals surface area contributed by atoms with Gasteiger partial charge in [0.25, 0.3) is 0 Å². The van der Waals surface area contributed by atoms with Gasteiger partial charge in [-0.05, 0) is 48.9 Å². The number of fused-ring (bicyclic) bond motifs is 1. The number of rotatable bonds is 5. The number of ether oxygens (including phenoxy) is 1. The molecule has 0 atom stereocenters. The first-order valence-electron chi connectivity index (χ1n) is 8.55. The number of hydrogen-bond donors (Lipinski definition) is 0. The Labute approximate surface area is 151 Å². The summed E-state index contributed by atoms with van der Waals surface area (Å²) in [4.78, 5) is 15.4. The van der Waals surface area contributed by atoms with Gasteiger partial charge in [-0.1, -0.05) is 30.3 Å². The molecule has 0 bridgehead atoms. The van der Waals surface area contributed by atoms with E-state index in [0.29, 0.717) is 12.2 Å². The van der Waals surface area contributed by atoms with Crippen LogP contribution in [0.25, 0.3) is 27.8 Å². The van der Waals surface area contributed by atoms with Crippen molar-refractivity contribution in [2.45, 2.75) is 6.92 Å². The SMILES string of the molecule is CCOc1ccccc1-c1cccc(-n2cnc3cc(C=O)ccc32)c1. The van der Waals surface area contributed by atoms with Gasteiger partial charge in [-0.2, -0.15) is 0 Å². The molecule has 0 aliphatic rings. The molecule has 0 saturated heterocycles. The summed E-state index contributed by atoms with van der Waals surface area (Å²) < 4.78 is 7.79. The molecule has 0 radical (unpaired) electrons. The van der Waals surface area contributed by atoms with Crippen molar-refractivity contribution in [1.82, 2.24) is 9.55 Å². The molecule has 0 spiro atoms. The Morgan fingerprint density at radius 2 is 1.92 bits per heavy atom. The molecule has 1 aromatic heterocycles. The van der Waals surface area contributed by atoms with E-state index in [4.69, 9.17) is 4.74 Å². The van der Waals surface area contributed by atoms with Gasteiger partial charge < -0.3 is 4.74 Å². The lowest BCUT2D eigenvalue weighted by atomic mass is 10.0. The van der Waals surface area contributed by atoms with Gasteiger partial charge in [0.2, 0.25) is 0 Å². The first-order valence-corrected chi connectivity index (χ1v) is 8.55. The van der Waals surface area contributed by atoms with Gasteiger partial charge in [0, 0.05) is 16.8 Å². The molecule has 0 fully saturated rings. The van der Waals surface area contributed by atoms with Crippen molar-refractivity contribution in [1.29, 1.82) is 0 Å². The second kappa shape index (κ2) is 6.84. The number of carbonyl (C=O) groups is 1. The average molecular weight is 342 g/mol. The van der Waals surface area contributed by atoms with Crippen LogP contribution in [0.3, 0.4) is 0 Å². The number of imidazole rings is 1. The smallest absolute Gasteiger partial charge is 0.150 e. The highest BCUT2D eigenvalue weighted by Gasteiger charge is 2.09. The third-order valence-corrected chi connectivity index (χ3v) is 4.33. The van der Waals surface area contributed by atoms with Crippen molar-refractivity contribution in [2.75, 3.05) is 6.61 Å². The Bertz CT molecular complexity index is 1080. The van der Waals surface area contributed by atoms with E-state index < -0.39 is 0 Å². The first-order chi connectivity index (χ1) is 12.8. The van der Waals surface area contributed by atoms with Crippen LogP contribution >= 0.6 is 0 Å². The van der Waals surface area contributed by atoms with Crippen LogP contribution in [0, 0.1) is 0 Å². The molecule has 0 aliphatic carbocycles. The van der Waals surface area contributed by atoms with Crippen LogP contribution in [0.2, 0.25) is 0 Å². The van der Waals surface area contributed by atoms with Gasteiger partial charge in [0.1, 0.15) is 18.4 Å². The van der Waals surface area contributed by atoms with Crippen LogP contribution in [-0.2, 0) is 0 Å². The lowest BCUT2D eigenvalue weighted by Gasteiger charge is -2.12. The van der Waals surface area contributed by atoms with Crippen molar-refractivity contribution >= 4 is 17.3 Å². The first kappa shape index (κ1) is 16.1. The zero-order chi connectivity index (χ0) is 17.9. The lowest BCUT2D eigenvalue weighted by Crippen LogP contribution is -1.95. The van der Waals surface area contributed by atoms with Crippen LogP contribution in [0.1, 0.15) is 17.3 Å². The fourth-order valence-corrected chi connectivity index (χ4v) is 3.12. The number of carbonyl (C=O) groups excluding carboxylic acids is 1. The van der Waals surface area contributed by atoms with Crippen molar-refractivity contribution in [3.63, 3.8) is 0 Å². The van der Waals surface area contributed by atoms with Gasteiger partial charge in [0.05, 0.1) is 17.6 Å². The maximum absolute atomic E-state index is 11.0. The largest absolute Gasteiger partial charge is 0.493 e. The summed E-state index contributed by atoms with van der Waals surface area (Å²) in [5.74, 6) is 0.873. The highest BCUT2D eigenvalue weighted by molar-refractivity contribution is 5.86. The molecule has 0 amide bonds. The summed E-state index contributed by atoms with van der Waals surface area (Å²) in [5.41, 5.74) is 5.54. The lowest BCUT2D eigenvalue weighted by molar-refractivity contribution is 0.112. The zero-order valence-electron chi connectivity index (χ0n) is 14.4. The molecule has 4 heteroatoms. The van der Waals surface area contributed by atoms with E-state index in [9.17, 15) is 4.79 Å². The van der Waals surface area contributed by atoms with Gasteiger partial charge in [-0.25, -0.2) is 4.98 Å². The fourth-order valence-electron chi connectivity index (χ4n) is 3.12. The minimum Gasteiger partial charge on any atom is -0.493 e. The van der Waals surface area contributed by atoms with E-state index in [1.807, 2.05) is 54.0 Å². The number of nitrogens with zero attached hydrogens (tertiary/aromatic N) is 2. The van der Waals surface area contributed by atoms with Crippen LogP contribution in [-0.4, -0.2) is 22.4 Å². The van der Waals surface area contributed by atoms with Crippen LogP contribution in [0.4, 0.5) is 0 Å². The normalized spacial score (nSPS) is 10.8.